The zero-order valence-electron chi connectivity index (χ0n) is 14.3. The lowest BCUT2D eigenvalue weighted by molar-refractivity contribution is 0.0732. The number of anilines is 1. The summed E-state index contributed by atoms with van der Waals surface area (Å²) in [4.78, 5) is 13.9. The van der Waals surface area contributed by atoms with Gasteiger partial charge in [0.15, 0.2) is 0 Å². The van der Waals surface area contributed by atoms with Gasteiger partial charge < -0.3 is 10.0 Å². The molecule has 0 atom stereocenters. The Kier molecular flexibility index (Phi) is 6.17. The van der Waals surface area contributed by atoms with Gasteiger partial charge in [-0.1, -0.05) is 18.2 Å². The van der Waals surface area contributed by atoms with Crippen LogP contribution in [0.3, 0.4) is 0 Å². The van der Waals surface area contributed by atoms with Crippen LogP contribution in [0.5, 0.6) is 0 Å². The fourth-order valence-electron chi connectivity index (χ4n) is 2.37. The summed E-state index contributed by atoms with van der Waals surface area (Å²) in [5.41, 5.74) is 1.72. The summed E-state index contributed by atoms with van der Waals surface area (Å²) in [6, 6.07) is 12.9. The molecule has 0 radical (unpaired) electrons. The number of aryl methyl sites for hydroxylation is 1. The van der Waals surface area contributed by atoms with Crippen molar-refractivity contribution in [3.63, 3.8) is 0 Å². The zero-order valence-corrected chi connectivity index (χ0v) is 15.1. The van der Waals surface area contributed by atoms with Crippen LogP contribution in [-0.4, -0.2) is 44.0 Å². The highest BCUT2D eigenvalue weighted by Gasteiger charge is 2.18. The van der Waals surface area contributed by atoms with Crippen LogP contribution in [0.2, 0.25) is 0 Å². The van der Waals surface area contributed by atoms with E-state index in [1.807, 2.05) is 26.0 Å². The minimum atomic E-state index is -3.73. The molecule has 0 heterocycles. The number of carbonyl (C=O) groups excluding carboxylic acids is 1. The molecular formula is C18H22N2O4S. The van der Waals surface area contributed by atoms with Gasteiger partial charge in [0.1, 0.15) is 0 Å². The highest BCUT2D eigenvalue weighted by atomic mass is 32.2. The summed E-state index contributed by atoms with van der Waals surface area (Å²) >= 11 is 0. The minimum Gasteiger partial charge on any atom is -0.395 e. The van der Waals surface area contributed by atoms with Gasteiger partial charge in [-0.25, -0.2) is 8.42 Å². The topological polar surface area (TPSA) is 86.7 Å². The van der Waals surface area contributed by atoms with Crippen LogP contribution in [-0.2, 0) is 10.0 Å². The number of likely N-dealkylation sites (N-methyl/N-ethyl adjacent to an activating group) is 1. The number of rotatable bonds is 7. The zero-order chi connectivity index (χ0) is 18.4. The number of carbonyl (C=O) groups is 1. The number of benzene rings is 2. The van der Waals surface area contributed by atoms with E-state index in [9.17, 15) is 13.2 Å². The van der Waals surface area contributed by atoms with Crippen molar-refractivity contribution < 1.29 is 18.3 Å². The van der Waals surface area contributed by atoms with E-state index in [4.69, 9.17) is 5.11 Å². The number of aliphatic hydroxyl groups excluding tert-OH is 1. The summed E-state index contributed by atoms with van der Waals surface area (Å²) in [5.74, 6) is -0.243. The molecule has 2 aromatic carbocycles. The molecular weight excluding hydrogens is 340 g/mol. The Morgan fingerprint density at radius 3 is 2.32 bits per heavy atom. The van der Waals surface area contributed by atoms with Crippen LogP contribution in [0, 0.1) is 6.92 Å². The molecule has 0 bridgehead atoms. The number of aliphatic hydroxyl groups is 1. The molecule has 0 fully saturated rings. The molecule has 25 heavy (non-hydrogen) atoms. The van der Waals surface area contributed by atoms with Gasteiger partial charge in [-0.15, -0.1) is 0 Å². The number of para-hydroxylation sites is 1. The number of amides is 1. The quantitative estimate of drug-likeness (QED) is 0.791. The summed E-state index contributed by atoms with van der Waals surface area (Å²) in [7, 11) is -3.73. The Morgan fingerprint density at radius 2 is 1.76 bits per heavy atom. The second kappa shape index (κ2) is 8.13. The normalized spacial score (nSPS) is 11.2. The third-order valence-electron chi connectivity index (χ3n) is 3.84. The van der Waals surface area contributed by atoms with Crippen molar-refractivity contribution in [1.82, 2.24) is 4.90 Å². The van der Waals surface area contributed by atoms with Gasteiger partial charge in [-0.3, -0.25) is 9.52 Å². The molecule has 2 N–H and O–H groups in total. The largest absolute Gasteiger partial charge is 0.395 e. The van der Waals surface area contributed by atoms with Crippen molar-refractivity contribution in [3.8, 4) is 0 Å². The van der Waals surface area contributed by atoms with Gasteiger partial charge in [0.2, 0.25) is 0 Å². The molecule has 7 heteroatoms. The monoisotopic (exact) mass is 362 g/mol. The molecule has 0 unspecified atom stereocenters. The molecule has 6 nitrogen and oxygen atoms in total. The predicted molar refractivity (Wildman–Crippen MR) is 97.1 cm³/mol. The average Bonchev–Trinajstić information content (AvgIpc) is 2.61. The number of nitrogens with zero attached hydrogens (tertiary/aromatic N) is 1. The summed E-state index contributed by atoms with van der Waals surface area (Å²) in [6.45, 7) is 4.23. The van der Waals surface area contributed by atoms with Gasteiger partial charge in [0, 0.05) is 18.7 Å². The molecule has 0 spiro atoms. The summed E-state index contributed by atoms with van der Waals surface area (Å²) < 4.78 is 27.5. The standard InChI is InChI=1S/C18H22N2O4S/c1-3-20(12-13-21)18(22)15-8-10-16(11-9-15)25(23,24)19-17-7-5-4-6-14(17)2/h4-11,19,21H,3,12-13H2,1-2H3. The van der Waals surface area contributed by atoms with Gasteiger partial charge in [0.25, 0.3) is 15.9 Å². The fourth-order valence-corrected chi connectivity index (χ4v) is 3.51. The fraction of sp³-hybridized carbons (Fsp3) is 0.278. The second-order valence-corrected chi connectivity index (χ2v) is 7.24. The molecule has 1 amide bonds. The molecule has 0 aliphatic rings. The first-order chi connectivity index (χ1) is 11.9. The lowest BCUT2D eigenvalue weighted by Crippen LogP contribution is -2.33. The van der Waals surface area contributed by atoms with Crippen molar-refractivity contribution >= 4 is 21.6 Å². The second-order valence-electron chi connectivity index (χ2n) is 5.55. The number of nitrogens with one attached hydrogen (secondary N) is 1. The van der Waals surface area contributed by atoms with Crippen molar-refractivity contribution in [2.45, 2.75) is 18.7 Å². The van der Waals surface area contributed by atoms with Crippen LogP contribution in [0.1, 0.15) is 22.8 Å². The van der Waals surface area contributed by atoms with Crippen molar-refractivity contribution in [2.24, 2.45) is 0 Å². The first kappa shape index (κ1) is 19.0. The lowest BCUT2D eigenvalue weighted by atomic mass is 10.2. The molecule has 0 aliphatic heterocycles. The van der Waals surface area contributed by atoms with Crippen LogP contribution in [0.25, 0.3) is 0 Å². The first-order valence-electron chi connectivity index (χ1n) is 7.97. The summed E-state index contributed by atoms with van der Waals surface area (Å²) in [6.07, 6.45) is 0. The molecule has 2 rings (SSSR count). The molecule has 2 aromatic rings. The number of hydrogen-bond donors (Lipinski definition) is 2. The SMILES string of the molecule is CCN(CCO)C(=O)c1ccc(S(=O)(=O)Nc2ccccc2C)cc1. The van der Waals surface area contributed by atoms with E-state index in [0.29, 0.717) is 17.8 Å². The van der Waals surface area contributed by atoms with Gasteiger partial charge >= 0.3 is 0 Å². The molecule has 0 saturated heterocycles. The highest BCUT2D eigenvalue weighted by molar-refractivity contribution is 7.92. The first-order valence-corrected chi connectivity index (χ1v) is 9.46. The Balaban J connectivity index is 2.21. The van der Waals surface area contributed by atoms with Crippen LogP contribution >= 0.6 is 0 Å². The Morgan fingerprint density at radius 1 is 1.12 bits per heavy atom. The molecule has 134 valence electrons. The Labute approximate surface area is 148 Å². The Bertz CT molecular complexity index is 832. The van der Waals surface area contributed by atoms with Gasteiger partial charge in [0.05, 0.1) is 17.2 Å². The molecule has 0 aromatic heterocycles. The van der Waals surface area contributed by atoms with E-state index in [0.717, 1.165) is 5.56 Å². The van der Waals surface area contributed by atoms with Crippen LogP contribution < -0.4 is 4.72 Å². The lowest BCUT2D eigenvalue weighted by Gasteiger charge is -2.19. The van der Waals surface area contributed by atoms with Gasteiger partial charge in [-0.05, 0) is 49.7 Å². The van der Waals surface area contributed by atoms with E-state index in [1.165, 1.54) is 29.2 Å². The van der Waals surface area contributed by atoms with Crippen molar-refractivity contribution in [2.75, 3.05) is 24.4 Å². The van der Waals surface area contributed by atoms with Crippen LogP contribution in [0.4, 0.5) is 5.69 Å². The van der Waals surface area contributed by atoms with Gasteiger partial charge in [-0.2, -0.15) is 0 Å². The van der Waals surface area contributed by atoms with Crippen molar-refractivity contribution in [1.29, 1.82) is 0 Å². The third-order valence-corrected chi connectivity index (χ3v) is 5.22. The maximum atomic E-state index is 12.5. The van der Waals surface area contributed by atoms with E-state index < -0.39 is 10.0 Å². The third kappa shape index (κ3) is 4.58. The predicted octanol–water partition coefficient (Wildman–Crippen LogP) is 2.25. The van der Waals surface area contributed by atoms with E-state index in [1.54, 1.807) is 12.1 Å². The number of sulfonamides is 1. The minimum absolute atomic E-state index is 0.0810. The van der Waals surface area contributed by atoms with Crippen molar-refractivity contribution in [3.05, 3.63) is 59.7 Å². The maximum absolute atomic E-state index is 12.5. The van der Waals surface area contributed by atoms with E-state index in [-0.39, 0.29) is 24.0 Å². The highest BCUT2D eigenvalue weighted by Crippen LogP contribution is 2.20. The van der Waals surface area contributed by atoms with E-state index >= 15 is 0 Å². The van der Waals surface area contributed by atoms with E-state index in [2.05, 4.69) is 4.72 Å². The molecule has 0 aliphatic carbocycles. The Hall–Kier alpha value is -2.38. The summed E-state index contributed by atoms with van der Waals surface area (Å²) in [5, 5.41) is 9.00. The smallest absolute Gasteiger partial charge is 0.261 e. The maximum Gasteiger partial charge on any atom is 0.261 e. The average molecular weight is 362 g/mol. The number of hydrogen-bond acceptors (Lipinski definition) is 4. The van der Waals surface area contributed by atoms with Crippen LogP contribution in [0.15, 0.2) is 53.4 Å². The molecule has 0 saturated carbocycles.